The SMILES string of the molecule is C[C@@H]1C[C@H]1NC(=O)c1cncc(C(N)=O)c1. The second-order valence-corrected chi connectivity index (χ2v) is 4.12. The average Bonchev–Trinajstić information content (AvgIpc) is 2.94. The molecule has 2 amide bonds. The number of rotatable bonds is 3. The standard InChI is InChI=1S/C11H13N3O2/c1-6-2-9(6)14-11(16)8-3-7(10(12)15)4-13-5-8/h3-6,9H,2H2,1H3,(H2,12,15)(H,14,16)/t6-,9-/m1/s1. The van der Waals surface area contributed by atoms with E-state index >= 15 is 0 Å². The van der Waals surface area contributed by atoms with Gasteiger partial charge in [-0.05, 0) is 18.4 Å². The first-order chi connectivity index (χ1) is 7.58. The quantitative estimate of drug-likeness (QED) is 0.767. The summed E-state index contributed by atoms with van der Waals surface area (Å²) in [5.41, 5.74) is 5.73. The summed E-state index contributed by atoms with van der Waals surface area (Å²) in [4.78, 5) is 26.4. The van der Waals surface area contributed by atoms with E-state index in [0.717, 1.165) is 6.42 Å². The van der Waals surface area contributed by atoms with E-state index in [2.05, 4.69) is 17.2 Å². The van der Waals surface area contributed by atoms with Crippen molar-refractivity contribution in [2.75, 3.05) is 0 Å². The van der Waals surface area contributed by atoms with Crippen LogP contribution in [0.1, 0.15) is 34.1 Å². The first-order valence-corrected chi connectivity index (χ1v) is 5.13. The molecule has 0 aliphatic heterocycles. The van der Waals surface area contributed by atoms with Crippen LogP contribution >= 0.6 is 0 Å². The van der Waals surface area contributed by atoms with Crippen molar-refractivity contribution in [3.8, 4) is 0 Å². The Morgan fingerprint density at radius 2 is 2.06 bits per heavy atom. The third-order valence-corrected chi connectivity index (χ3v) is 2.71. The highest BCUT2D eigenvalue weighted by molar-refractivity contribution is 5.98. The number of carbonyl (C=O) groups excluding carboxylic acids is 2. The van der Waals surface area contributed by atoms with Gasteiger partial charge in [-0.1, -0.05) is 6.92 Å². The van der Waals surface area contributed by atoms with Gasteiger partial charge in [0, 0.05) is 18.4 Å². The molecule has 16 heavy (non-hydrogen) atoms. The minimum atomic E-state index is -0.582. The molecule has 0 spiro atoms. The van der Waals surface area contributed by atoms with Gasteiger partial charge >= 0.3 is 0 Å². The third-order valence-electron chi connectivity index (χ3n) is 2.71. The fourth-order valence-corrected chi connectivity index (χ4v) is 1.47. The largest absolute Gasteiger partial charge is 0.366 e. The van der Waals surface area contributed by atoms with Crippen LogP contribution in [0.3, 0.4) is 0 Å². The van der Waals surface area contributed by atoms with Crippen molar-refractivity contribution in [2.24, 2.45) is 11.7 Å². The van der Waals surface area contributed by atoms with Crippen LogP contribution in [0.2, 0.25) is 0 Å². The molecule has 1 aromatic heterocycles. The van der Waals surface area contributed by atoms with Gasteiger partial charge in [0.05, 0.1) is 11.1 Å². The Bertz CT molecular complexity index is 445. The van der Waals surface area contributed by atoms with E-state index in [1.807, 2.05) is 0 Å². The summed E-state index contributed by atoms with van der Waals surface area (Å²) in [7, 11) is 0. The van der Waals surface area contributed by atoms with Crippen LogP contribution in [0.4, 0.5) is 0 Å². The molecule has 1 fully saturated rings. The topological polar surface area (TPSA) is 85.1 Å². The summed E-state index contributed by atoms with van der Waals surface area (Å²) >= 11 is 0. The van der Waals surface area contributed by atoms with Crippen molar-refractivity contribution in [3.05, 3.63) is 29.6 Å². The maximum absolute atomic E-state index is 11.7. The Morgan fingerprint density at radius 1 is 1.44 bits per heavy atom. The summed E-state index contributed by atoms with van der Waals surface area (Å²) in [5, 5.41) is 2.86. The summed E-state index contributed by atoms with van der Waals surface area (Å²) in [6.07, 6.45) is 3.78. The number of aromatic nitrogens is 1. The van der Waals surface area contributed by atoms with Crippen LogP contribution in [0, 0.1) is 5.92 Å². The lowest BCUT2D eigenvalue weighted by molar-refractivity contribution is 0.0949. The number of primary amides is 1. The smallest absolute Gasteiger partial charge is 0.253 e. The monoisotopic (exact) mass is 219 g/mol. The number of carbonyl (C=O) groups is 2. The van der Waals surface area contributed by atoms with E-state index in [1.165, 1.54) is 18.5 Å². The van der Waals surface area contributed by atoms with E-state index in [0.29, 0.717) is 11.5 Å². The van der Waals surface area contributed by atoms with Gasteiger partial charge in [0.1, 0.15) is 0 Å². The average molecular weight is 219 g/mol. The predicted molar refractivity (Wildman–Crippen MR) is 57.8 cm³/mol. The molecule has 84 valence electrons. The molecule has 2 rings (SSSR count). The van der Waals surface area contributed by atoms with Crippen molar-refractivity contribution in [3.63, 3.8) is 0 Å². The molecule has 0 aromatic carbocycles. The van der Waals surface area contributed by atoms with Gasteiger partial charge in [-0.3, -0.25) is 14.6 Å². The molecule has 3 N–H and O–H groups in total. The highest BCUT2D eigenvalue weighted by atomic mass is 16.2. The van der Waals surface area contributed by atoms with E-state index in [9.17, 15) is 9.59 Å². The van der Waals surface area contributed by atoms with Crippen molar-refractivity contribution < 1.29 is 9.59 Å². The zero-order valence-electron chi connectivity index (χ0n) is 8.93. The van der Waals surface area contributed by atoms with E-state index < -0.39 is 5.91 Å². The number of hydrogen-bond acceptors (Lipinski definition) is 3. The molecule has 1 saturated carbocycles. The van der Waals surface area contributed by atoms with Crippen LogP contribution in [-0.2, 0) is 0 Å². The molecule has 1 heterocycles. The van der Waals surface area contributed by atoms with E-state index in [-0.39, 0.29) is 17.5 Å². The second kappa shape index (κ2) is 3.92. The number of amides is 2. The van der Waals surface area contributed by atoms with Crippen molar-refractivity contribution in [2.45, 2.75) is 19.4 Å². The van der Waals surface area contributed by atoms with Crippen molar-refractivity contribution in [1.29, 1.82) is 0 Å². The fraction of sp³-hybridized carbons (Fsp3) is 0.364. The molecule has 5 heteroatoms. The summed E-state index contributed by atoms with van der Waals surface area (Å²) in [6, 6.07) is 1.71. The summed E-state index contributed by atoms with van der Waals surface area (Å²) in [5.74, 6) is -0.247. The lowest BCUT2D eigenvalue weighted by Crippen LogP contribution is -2.27. The van der Waals surface area contributed by atoms with E-state index in [4.69, 9.17) is 5.73 Å². The predicted octanol–water partition coefficient (Wildman–Crippen LogP) is 0.319. The number of pyridine rings is 1. The van der Waals surface area contributed by atoms with Crippen LogP contribution < -0.4 is 11.1 Å². The normalized spacial score (nSPS) is 22.6. The zero-order valence-corrected chi connectivity index (χ0v) is 8.93. The Labute approximate surface area is 93.0 Å². The van der Waals surface area contributed by atoms with Gasteiger partial charge in [-0.15, -0.1) is 0 Å². The Hall–Kier alpha value is -1.91. The molecule has 5 nitrogen and oxygen atoms in total. The molecule has 1 aliphatic carbocycles. The van der Waals surface area contributed by atoms with Gasteiger partial charge in [-0.2, -0.15) is 0 Å². The first-order valence-electron chi connectivity index (χ1n) is 5.13. The Balaban J connectivity index is 2.10. The number of nitrogens with two attached hydrogens (primary N) is 1. The minimum Gasteiger partial charge on any atom is -0.366 e. The number of nitrogens with zero attached hydrogens (tertiary/aromatic N) is 1. The fourth-order valence-electron chi connectivity index (χ4n) is 1.47. The molecule has 0 saturated heterocycles. The first kappa shape index (κ1) is 10.6. The number of nitrogens with one attached hydrogen (secondary N) is 1. The van der Waals surface area contributed by atoms with Gasteiger partial charge < -0.3 is 11.1 Å². The van der Waals surface area contributed by atoms with Crippen LogP contribution in [0.25, 0.3) is 0 Å². The van der Waals surface area contributed by atoms with Gasteiger partial charge in [0.2, 0.25) is 5.91 Å². The Kier molecular flexibility index (Phi) is 2.60. The van der Waals surface area contributed by atoms with Gasteiger partial charge in [0.25, 0.3) is 5.91 Å². The number of hydrogen-bond donors (Lipinski definition) is 2. The van der Waals surface area contributed by atoms with Gasteiger partial charge in [-0.25, -0.2) is 0 Å². The van der Waals surface area contributed by atoms with Crippen LogP contribution in [0.5, 0.6) is 0 Å². The molecule has 1 aliphatic rings. The van der Waals surface area contributed by atoms with Gasteiger partial charge in [0.15, 0.2) is 0 Å². The molecule has 0 radical (unpaired) electrons. The lowest BCUT2D eigenvalue weighted by atomic mass is 10.2. The molecular weight excluding hydrogens is 206 g/mol. The maximum atomic E-state index is 11.7. The molecular formula is C11H13N3O2. The third kappa shape index (κ3) is 2.18. The van der Waals surface area contributed by atoms with Crippen LogP contribution in [-0.4, -0.2) is 22.8 Å². The second-order valence-electron chi connectivity index (χ2n) is 4.12. The van der Waals surface area contributed by atoms with Crippen LogP contribution in [0.15, 0.2) is 18.5 Å². The maximum Gasteiger partial charge on any atom is 0.253 e. The zero-order chi connectivity index (χ0) is 11.7. The Morgan fingerprint density at radius 3 is 2.62 bits per heavy atom. The van der Waals surface area contributed by atoms with E-state index in [1.54, 1.807) is 0 Å². The summed E-state index contributed by atoms with van der Waals surface area (Å²) in [6.45, 7) is 2.07. The minimum absolute atomic E-state index is 0.204. The summed E-state index contributed by atoms with van der Waals surface area (Å²) < 4.78 is 0. The van der Waals surface area contributed by atoms with Crippen molar-refractivity contribution >= 4 is 11.8 Å². The highest BCUT2D eigenvalue weighted by Gasteiger charge is 2.34. The highest BCUT2D eigenvalue weighted by Crippen LogP contribution is 2.29. The molecule has 2 atom stereocenters. The lowest BCUT2D eigenvalue weighted by Gasteiger charge is -2.04. The molecule has 0 unspecified atom stereocenters. The van der Waals surface area contributed by atoms with Crippen molar-refractivity contribution in [1.82, 2.24) is 10.3 Å². The molecule has 0 bridgehead atoms. The molecule has 1 aromatic rings.